The zero-order valence-electron chi connectivity index (χ0n) is 17.5. The molecule has 1 fully saturated rings. The third-order valence-corrected chi connectivity index (χ3v) is 7.33. The molecule has 0 radical (unpaired) electrons. The molecule has 0 unspecified atom stereocenters. The Morgan fingerprint density at radius 1 is 1.12 bits per heavy atom. The summed E-state index contributed by atoms with van der Waals surface area (Å²) in [5, 5.41) is -0.0951. The highest BCUT2D eigenvalue weighted by Gasteiger charge is 2.41. The lowest BCUT2D eigenvalue weighted by molar-refractivity contribution is -0.137. The highest BCUT2D eigenvalue weighted by Crippen LogP contribution is 2.37. The summed E-state index contributed by atoms with van der Waals surface area (Å²) >= 11 is 0. The number of benzene rings is 2. The van der Waals surface area contributed by atoms with Gasteiger partial charge in [-0.05, 0) is 35.9 Å². The maximum Gasteiger partial charge on any atom is 0.416 e. The average Bonchev–Trinajstić information content (AvgIpc) is 3.40. The molecule has 0 bridgehead atoms. The number of rotatable bonds is 6. The number of sulfonamides is 1. The Morgan fingerprint density at radius 2 is 1.85 bits per heavy atom. The molecule has 0 aliphatic carbocycles. The van der Waals surface area contributed by atoms with Crippen LogP contribution in [0.1, 0.15) is 17.0 Å². The van der Waals surface area contributed by atoms with Crippen LogP contribution < -0.4 is 4.74 Å². The molecule has 0 spiro atoms. The number of hydrogen-bond donors (Lipinski definition) is 0. The first-order valence-electron chi connectivity index (χ1n) is 10.1. The third kappa shape index (κ3) is 5.03. The highest BCUT2D eigenvalue weighted by molar-refractivity contribution is 7.89. The molecule has 11 heteroatoms. The van der Waals surface area contributed by atoms with Gasteiger partial charge in [-0.1, -0.05) is 18.2 Å². The first kappa shape index (κ1) is 23.2. The number of nitrogens with zero attached hydrogens (tertiary/aromatic N) is 3. The number of ether oxygens (including phenoxy) is 1. The van der Waals surface area contributed by atoms with E-state index < -0.39 is 27.6 Å². The fraction of sp³-hybridized carbons (Fsp3) is 0.318. The quantitative estimate of drug-likeness (QED) is 0.496. The minimum atomic E-state index is -4.50. The zero-order chi connectivity index (χ0) is 23.8. The van der Waals surface area contributed by atoms with E-state index in [4.69, 9.17) is 4.74 Å². The lowest BCUT2D eigenvalue weighted by Crippen LogP contribution is -2.30. The van der Waals surface area contributed by atoms with Crippen LogP contribution >= 0.6 is 0 Å². The predicted molar refractivity (Wildman–Crippen MR) is 112 cm³/mol. The zero-order valence-corrected chi connectivity index (χ0v) is 18.4. The molecule has 4 rings (SSSR count). The van der Waals surface area contributed by atoms with E-state index in [1.807, 2.05) is 0 Å². The van der Waals surface area contributed by atoms with Crippen LogP contribution in [0.15, 0.2) is 66.1 Å². The number of hydrogen-bond acceptors (Lipinski definition) is 4. The van der Waals surface area contributed by atoms with Gasteiger partial charge in [0.25, 0.3) is 10.0 Å². The number of imidazole rings is 1. The Balaban J connectivity index is 1.58. The van der Waals surface area contributed by atoms with Gasteiger partial charge in [-0.3, -0.25) is 0 Å². The molecule has 0 N–H and O–H groups in total. The van der Waals surface area contributed by atoms with Gasteiger partial charge in [-0.2, -0.15) is 17.5 Å². The smallest absolute Gasteiger partial charge is 0.416 e. The van der Waals surface area contributed by atoms with Crippen molar-refractivity contribution in [2.24, 2.45) is 13.0 Å². The Morgan fingerprint density at radius 3 is 2.48 bits per heavy atom. The van der Waals surface area contributed by atoms with Gasteiger partial charge >= 0.3 is 6.18 Å². The monoisotopic (exact) mass is 483 g/mol. The molecule has 1 aromatic heterocycles. The van der Waals surface area contributed by atoms with Crippen LogP contribution in [0.3, 0.4) is 0 Å². The molecule has 0 saturated carbocycles. The van der Waals surface area contributed by atoms with Crippen molar-refractivity contribution in [2.75, 3.05) is 19.7 Å². The first-order chi connectivity index (χ1) is 15.5. The number of alkyl halides is 3. The van der Waals surface area contributed by atoms with Gasteiger partial charge in [0.15, 0.2) is 5.03 Å². The molecular formula is C22H21F4N3O3S. The van der Waals surface area contributed by atoms with E-state index in [1.54, 1.807) is 19.2 Å². The number of halogens is 4. The second kappa shape index (κ2) is 8.79. The lowest BCUT2D eigenvalue weighted by Gasteiger charge is -2.19. The minimum Gasteiger partial charge on any atom is -0.493 e. The lowest BCUT2D eigenvalue weighted by atomic mass is 9.89. The van der Waals surface area contributed by atoms with E-state index in [1.165, 1.54) is 45.7 Å². The number of aryl methyl sites for hydroxylation is 1. The topological polar surface area (TPSA) is 64.4 Å². The van der Waals surface area contributed by atoms with Crippen LogP contribution in [0.4, 0.5) is 17.6 Å². The summed E-state index contributed by atoms with van der Waals surface area (Å²) in [7, 11) is -2.23. The Hall–Kier alpha value is -2.92. The third-order valence-electron chi connectivity index (χ3n) is 5.62. The van der Waals surface area contributed by atoms with Crippen LogP contribution in [-0.4, -0.2) is 42.0 Å². The molecule has 0 amide bonds. The second-order valence-corrected chi connectivity index (χ2v) is 9.84. The second-order valence-electron chi connectivity index (χ2n) is 7.95. The van der Waals surface area contributed by atoms with Gasteiger partial charge in [0, 0.05) is 38.2 Å². The van der Waals surface area contributed by atoms with Gasteiger partial charge < -0.3 is 9.30 Å². The van der Waals surface area contributed by atoms with Crippen LogP contribution in [0.5, 0.6) is 5.75 Å². The van der Waals surface area contributed by atoms with Crippen molar-refractivity contribution in [1.29, 1.82) is 0 Å². The summed E-state index contributed by atoms with van der Waals surface area (Å²) in [6, 6.07) is 10.3. The van der Waals surface area contributed by atoms with Crippen molar-refractivity contribution in [3.63, 3.8) is 0 Å². The van der Waals surface area contributed by atoms with E-state index in [0.29, 0.717) is 5.56 Å². The van der Waals surface area contributed by atoms with E-state index in [9.17, 15) is 26.0 Å². The molecule has 2 atom stereocenters. The summed E-state index contributed by atoms with van der Waals surface area (Å²) < 4.78 is 87.1. The van der Waals surface area contributed by atoms with E-state index in [2.05, 4.69) is 4.98 Å². The van der Waals surface area contributed by atoms with Crippen molar-refractivity contribution in [2.45, 2.75) is 17.1 Å². The van der Waals surface area contributed by atoms with Gasteiger partial charge in [-0.15, -0.1) is 0 Å². The highest BCUT2D eigenvalue weighted by atomic mass is 32.2. The first-order valence-corrected chi connectivity index (χ1v) is 11.5. The maximum absolute atomic E-state index is 13.4. The van der Waals surface area contributed by atoms with Crippen molar-refractivity contribution >= 4 is 10.0 Å². The van der Waals surface area contributed by atoms with Gasteiger partial charge in [0.1, 0.15) is 11.6 Å². The van der Waals surface area contributed by atoms with Gasteiger partial charge in [0.2, 0.25) is 0 Å². The van der Waals surface area contributed by atoms with E-state index >= 15 is 0 Å². The van der Waals surface area contributed by atoms with Crippen molar-refractivity contribution in [3.05, 3.63) is 78.0 Å². The molecule has 2 aromatic carbocycles. The fourth-order valence-electron chi connectivity index (χ4n) is 3.90. The molecule has 1 aliphatic rings. The average molecular weight is 483 g/mol. The molecule has 6 nitrogen and oxygen atoms in total. The molecule has 3 aromatic rings. The van der Waals surface area contributed by atoms with E-state index in [0.717, 1.165) is 12.1 Å². The summed E-state index contributed by atoms with van der Waals surface area (Å²) in [5.74, 6) is -1.10. The molecule has 2 heterocycles. The van der Waals surface area contributed by atoms with E-state index in [-0.39, 0.29) is 42.3 Å². The molecule has 1 aliphatic heterocycles. The molecule has 33 heavy (non-hydrogen) atoms. The van der Waals surface area contributed by atoms with Gasteiger partial charge in [-0.25, -0.2) is 17.8 Å². The Bertz CT molecular complexity index is 1230. The fourth-order valence-corrected chi connectivity index (χ4v) is 5.39. The van der Waals surface area contributed by atoms with Crippen molar-refractivity contribution < 1.29 is 30.7 Å². The number of aromatic nitrogens is 2. The van der Waals surface area contributed by atoms with Crippen LogP contribution in [0.2, 0.25) is 0 Å². The summed E-state index contributed by atoms with van der Waals surface area (Å²) in [6.07, 6.45) is -1.72. The van der Waals surface area contributed by atoms with Crippen LogP contribution in [0, 0.1) is 11.7 Å². The predicted octanol–water partition coefficient (Wildman–Crippen LogP) is 4.06. The summed E-state index contributed by atoms with van der Waals surface area (Å²) in [4.78, 5) is 3.94. The molecule has 1 saturated heterocycles. The molecule has 176 valence electrons. The minimum absolute atomic E-state index is 0.0163. The maximum atomic E-state index is 13.4. The summed E-state index contributed by atoms with van der Waals surface area (Å²) in [5.41, 5.74) is -0.117. The molecular weight excluding hydrogens is 462 g/mol. The van der Waals surface area contributed by atoms with Crippen molar-refractivity contribution in [1.82, 2.24) is 13.9 Å². The van der Waals surface area contributed by atoms with Crippen LogP contribution in [0.25, 0.3) is 0 Å². The van der Waals surface area contributed by atoms with Crippen molar-refractivity contribution in [3.8, 4) is 5.75 Å². The Labute approximate surface area is 188 Å². The standard InChI is InChI=1S/C22H21F4N3O3S/c1-28-12-21(27-14-28)33(30,31)29-10-16(20(11-29)15-5-7-18(23)8-6-15)13-32-19-4-2-3-17(9-19)22(24,25)26/h2-9,12,14,16,20H,10-11,13H2,1H3/t16-,20-/m0/s1. The Kier molecular flexibility index (Phi) is 6.19. The van der Waals surface area contributed by atoms with Gasteiger partial charge in [0.05, 0.1) is 18.5 Å². The SMILES string of the molecule is Cn1cnc(S(=O)(=O)N2C[C@@H](COc3cccc(C(F)(F)F)c3)[C@H](c3ccc(F)cc3)C2)c1. The largest absolute Gasteiger partial charge is 0.493 e. The normalized spacial score (nSPS) is 19.7. The van der Waals surface area contributed by atoms with Crippen LogP contribution in [-0.2, 0) is 23.2 Å². The summed E-state index contributed by atoms with van der Waals surface area (Å²) in [6.45, 7) is 0.179.